The molecule has 2 rings (SSSR count). The molecule has 138 valence electrons. The zero-order valence-corrected chi connectivity index (χ0v) is 16.3. The SMILES string of the molecule is Cc1ccc(NC(=O)CN(C)C(=O)[C@H](C)Oc2ccc(Cl)c(Cl)c2)cc1. The number of ether oxygens (including phenoxy) is 1. The third-order valence-electron chi connectivity index (χ3n) is 3.64. The number of likely N-dealkylation sites (N-methyl/N-ethyl adjacent to an activating group) is 1. The van der Waals surface area contributed by atoms with Gasteiger partial charge in [0.05, 0.1) is 16.6 Å². The predicted octanol–water partition coefficient (Wildman–Crippen LogP) is 4.17. The van der Waals surface area contributed by atoms with E-state index in [1.807, 2.05) is 31.2 Å². The number of nitrogens with one attached hydrogen (secondary N) is 1. The van der Waals surface area contributed by atoms with Crippen LogP contribution in [0.4, 0.5) is 5.69 Å². The first kappa shape index (κ1) is 20.1. The molecule has 1 N–H and O–H groups in total. The number of amides is 2. The molecule has 0 aromatic heterocycles. The standard InChI is InChI=1S/C19H20Cl2N2O3/c1-12-4-6-14(7-5-12)22-18(24)11-23(3)19(25)13(2)26-15-8-9-16(20)17(21)10-15/h4-10,13H,11H2,1-3H3,(H,22,24)/t13-/m0/s1. The topological polar surface area (TPSA) is 58.6 Å². The lowest BCUT2D eigenvalue weighted by molar-refractivity contribution is -0.139. The maximum atomic E-state index is 12.4. The molecule has 1 atom stereocenters. The van der Waals surface area contributed by atoms with Crippen molar-refractivity contribution in [2.24, 2.45) is 0 Å². The first-order valence-electron chi connectivity index (χ1n) is 7.99. The van der Waals surface area contributed by atoms with Gasteiger partial charge in [0.15, 0.2) is 6.10 Å². The average Bonchev–Trinajstić information content (AvgIpc) is 2.59. The molecule has 0 unspecified atom stereocenters. The van der Waals surface area contributed by atoms with Crippen LogP contribution >= 0.6 is 23.2 Å². The van der Waals surface area contributed by atoms with Crippen molar-refractivity contribution in [1.82, 2.24) is 4.90 Å². The lowest BCUT2D eigenvalue weighted by atomic mass is 10.2. The van der Waals surface area contributed by atoms with Gasteiger partial charge in [0.1, 0.15) is 5.75 Å². The number of carbonyl (C=O) groups is 2. The Morgan fingerprint density at radius 1 is 1.12 bits per heavy atom. The van der Waals surface area contributed by atoms with Crippen molar-refractivity contribution < 1.29 is 14.3 Å². The van der Waals surface area contributed by atoms with Gasteiger partial charge < -0.3 is 15.0 Å². The van der Waals surface area contributed by atoms with Gasteiger partial charge in [-0.1, -0.05) is 40.9 Å². The molecule has 0 saturated heterocycles. The second kappa shape index (κ2) is 8.92. The molecular formula is C19H20Cl2N2O3. The van der Waals surface area contributed by atoms with Crippen molar-refractivity contribution in [3.05, 3.63) is 58.1 Å². The molecule has 0 aliphatic rings. The number of halogens is 2. The van der Waals surface area contributed by atoms with E-state index >= 15 is 0 Å². The molecule has 0 heterocycles. The summed E-state index contributed by atoms with van der Waals surface area (Å²) in [7, 11) is 1.55. The molecule has 2 aromatic rings. The van der Waals surface area contributed by atoms with Crippen molar-refractivity contribution in [2.45, 2.75) is 20.0 Å². The highest BCUT2D eigenvalue weighted by Gasteiger charge is 2.21. The van der Waals surface area contributed by atoms with E-state index in [0.29, 0.717) is 21.5 Å². The summed E-state index contributed by atoms with van der Waals surface area (Å²) < 4.78 is 5.58. The van der Waals surface area contributed by atoms with Crippen LogP contribution in [0.2, 0.25) is 10.0 Å². The lowest BCUT2D eigenvalue weighted by Crippen LogP contribution is -2.41. The summed E-state index contributed by atoms with van der Waals surface area (Å²) in [5.74, 6) is -0.181. The third-order valence-corrected chi connectivity index (χ3v) is 4.38. The van der Waals surface area contributed by atoms with Gasteiger partial charge in [0.2, 0.25) is 5.91 Å². The Labute approximate surface area is 162 Å². The Kier molecular flexibility index (Phi) is 6.89. The number of aryl methyl sites for hydroxylation is 1. The fraction of sp³-hybridized carbons (Fsp3) is 0.263. The lowest BCUT2D eigenvalue weighted by Gasteiger charge is -2.22. The zero-order chi connectivity index (χ0) is 19.3. The number of nitrogens with zero attached hydrogens (tertiary/aromatic N) is 1. The van der Waals surface area contributed by atoms with Gasteiger partial charge in [-0.05, 0) is 38.1 Å². The Hall–Kier alpha value is -2.24. The monoisotopic (exact) mass is 394 g/mol. The first-order valence-corrected chi connectivity index (χ1v) is 8.75. The molecule has 0 radical (unpaired) electrons. The smallest absolute Gasteiger partial charge is 0.263 e. The summed E-state index contributed by atoms with van der Waals surface area (Å²) in [6.45, 7) is 3.49. The summed E-state index contributed by atoms with van der Waals surface area (Å²) in [5.41, 5.74) is 1.78. The number of anilines is 1. The molecule has 0 spiro atoms. The van der Waals surface area contributed by atoms with E-state index in [1.165, 1.54) is 11.0 Å². The number of hydrogen-bond acceptors (Lipinski definition) is 3. The van der Waals surface area contributed by atoms with E-state index in [0.717, 1.165) is 5.56 Å². The highest BCUT2D eigenvalue weighted by atomic mass is 35.5. The first-order chi connectivity index (χ1) is 12.3. The van der Waals surface area contributed by atoms with Gasteiger partial charge in [-0.25, -0.2) is 0 Å². The fourth-order valence-corrected chi connectivity index (χ4v) is 2.53. The minimum Gasteiger partial charge on any atom is -0.481 e. The Morgan fingerprint density at radius 3 is 2.38 bits per heavy atom. The van der Waals surface area contributed by atoms with E-state index < -0.39 is 6.10 Å². The summed E-state index contributed by atoms with van der Waals surface area (Å²) in [6.07, 6.45) is -0.774. The van der Waals surface area contributed by atoms with Crippen LogP contribution in [-0.4, -0.2) is 36.4 Å². The number of benzene rings is 2. The van der Waals surface area contributed by atoms with Crippen LogP contribution in [0, 0.1) is 6.92 Å². The van der Waals surface area contributed by atoms with Crippen LogP contribution in [0.15, 0.2) is 42.5 Å². The quantitative estimate of drug-likeness (QED) is 0.799. The van der Waals surface area contributed by atoms with Crippen molar-refractivity contribution in [1.29, 1.82) is 0 Å². The maximum Gasteiger partial charge on any atom is 0.263 e. The van der Waals surface area contributed by atoms with Crippen molar-refractivity contribution >= 4 is 40.7 Å². The second-order valence-electron chi connectivity index (χ2n) is 5.94. The van der Waals surface area contributed by atoms with Gasteiger partial charge in [-0.3, -0.25) is 9.59 Å². The zero-order valence-electron chi connectivity index (χ0n) is 14.8. The van der Waals surface area contributed by atoms with Crippen LogP contribution in [0.3, 0.4) is 0 Å². The molecule has 0 fully saturated rings. The molecule has 0 aliphatic heterocycles. The highest BCUT2D eigenvalue weighted by Crippen LogP contribution is 2.27. The summed E-state index contributed by atoms with van der Waals surface area (Å²) >= 11 is 11.8. The Balaban J connectivity index is 1.89. The second-order valence-corrected chi connectivity index (χ2v) is 6.76. The van der Waals surface area contributed by atoms with Crippen molar-refractivity contribution in [2.75, 3.05) is 18.9 Å². The van der Waals surface area contributed by atoms with Crippen LogP contribution in [-0.2, 0) is 9.59 Å². The maximum absolute atomic E-state index is 12.4. The normalized spacial score (nSPS) is 11.6. The van der Waals surface area contributed by atoms with E-state index in [-0.39, 0.29) is 18.4 Å². The van der Waals surface area contributed by atoms with Gasteiger partial charge in [0.25, 0.3) is 5.91 Å². The predicted molar refractivity (Wildman–Crippen MR) is 104 cm³/mol. The molecule has 2 amide bonds. The summed E-state index contributed by atoms with van der Waals surface area (Å²) in [6, 6.07) is 12.2. The summed E-state index contributed by atoms with van der Waals surface area (Å²) in [4.78, 5) is 25.8. The molecule has 0 saturated carbocycles. The molecule has 26 heavy (non-hydrogen) atoms. The van der Waals surface area contributed by atoms with E-state index in [4.69, 9.17) is 27.9 Å². The van der Waals surface area contributed by atoms with Gasteiger partial charge in [0, 0.05) is 18.8 Å². The molecule has 0 bridgehead atoms. The Bertz CT molecular complexity index is 794. The number of hydrogen-bond donors (Lipinski definition) is 1. The minimum absolute atomic E-state index is 0.0816. The highest BCUT2D eigenvalue weighted by molar-refractivity contribution is 6.42. The largest absolute Gasteiger partial charge is 0.481 e. The number of rotatable bonds is 6. The van der Waals surface area contributed by atoms with Gasteiger partial charge >= 0.3 is 0 Å². The van der Waals surface area contributed by atoms with E-state index in [9.17, 15) is 9.59 Å². The van der Waals surface area contributed by atoms with Crippen molar-refractivity contribution in [3.8, 4) is 5.75 Å². The molecule has 7 heteroatoms. The molecule has 5 nitrogen and oxygen atoms in total. The van der Waals surface area contributed by atoms with Crippen LogP contribution in [0.5, 0.6) is 5.75 Å². The molecule has 0 aliphatic carbocycles. The molecular weight excluding hydrogens is 375 g/mol. The summed E-state index contributed by atoms with van der Waals surface area (Å²) in [5, 5.41) is 3.50. The van der Waals surface area contributed by atoms with Crippen LogP contribution in [0.1, 0.15) is 12.5 Å². The van der Waals surface area contributed by atoms with Crippen LogP contribution in [0.25, 0.3) is 0 Å². The average molecular weight is 395 g/mol. The third kappa shape index (κ3) is 5.64. The van der Waals surface area contributed by atoms with Crippen molar-refractivity contribution in [3.63, 3.8) is 0 Å². The van der Waals surface area contributed by atoms with Crippen LogP contribution < -0.4 is 10.1 Å². The fourth-order valence-electron chi connectivity index (χ4n) is 2.25. The molecule has 2 aromatic carbocycles. The Morgan fingerprint density at radius 2 is 1.77 bits per heavy atom. The van der Waals surface area contributed by atoms with E-state index in [2.05, 4.69) is 5.32 Å². The van der Waals surface area contributed by atoms with Gasteiger partial charge in [-0.2, -0.15) is 0 Å². The van der Waals surface area contributed by atoms with Gasteiger partial charge in [-0.15, -0.1) is 0 Å². The van der Waals surface area contributed by atoms with E-state index in [1.54, 1.807) is 26.1 Å². The number of carbonyl (C=O) groups excluding carboxylic acids is 2. The minimum atomic E-state index is -0.774.